The van der Waals surface area contributed by atoms with Gasteiger partial charge in [0.15, 0.2) is 0 Å². The van der Waals surface area contributed by atoms with Crippen molar-refractivity contribution in [3.63, 3.8) is 0 Å². The Morgan fingerprint density at radius 2 is 1.83 bits per heavy atom. The van der Waals surface area contributed by atoms with Gasteiger partial charge in [-0.3, -0.25) is 4.79 Å². The summed E-state index contributed by atoms with van der Waals surface area (Å²) >= 11 is 0. The number of nitrogens with zero attached hydrogens (tertiary/aromatic N) is 1. The highest BCUT2D eigenvalue weighted by molar-refractivity contribution is 7.90. The van der Waals surface area contributed by atoms with Crippen molar-refractivity contribution in [1.29, 1.82) is 0 Å². The van der Waals surface area contributed by atoms with Crippen LogP contribution in [0, 0.1) is 13.8 Å². The topological polar surface area (TPSA) is 85.4 Å². The second-order valence-corrected chi connectivity index (χ2v) is 7.41. The molecule has 0 bridgehead atoms. The van der Waals surface area contributed by atoms with Gasteiger partial charge in [0.25, 0.3) is 15.9 Å². The Hall–Kier alpha value is -2.41. The number of hydrogen-bond acceptors (Lipinski definition) is 5. The van der Waals surface area contributed by atoms with E-state index in [-0.39, 0.29) is 16.6 Å². The van der Waals surface area contributed by atoms with Crippen molar-refractivity contribution >= 4 is 15.9 Å². The number of ether oxygens (including phenoxy) is 1. The first-order chi connectivity index (χ1) is 11.2. The van der Waals surface area contributed by atoms with E-state index in [4.69, 9.17) is 4.74 Å². The number of benzene rings is 1. The lowest BCUT2D eigenvalue weighted by molar-refractivity contribution is 0.0981. The Labute approximate surface area is 141 Å². The van der Waals surface area contributed by atoms with Crippen molar-refractivity contribution in [2.75, 3.05) is 0 Å². The normalized spacial score (nSPS) is 11.4. The van der Waals surface area contributed by atoms with Crippen LogP contribution in [0.15, 0.2) is 41.4 Å². The quantitative estimate of drug-likeness (QED) is 0.898. The Kier molecular flexibility index (Phi) is 5.23. The minimum atomic E-state index is -3.93. The van der Waals surface area contributed by atoms with Gasteiger partial charge in [0, 0.05) is 12.3 Å². The third-order valence-electron chi connectivity index (χ3n) is 3.37. The molecule has 6 nitrogen and oxygen atoms in total. The number of pyridine rings is 1. The Bertz CT molecular complexity index is 843. The van der Waals surface area contributed by atoms with Crippen LogP contribution in [0.4, 0.5) is 0 Å². The molecule has 0 fully saturated rings. The number of carbonyl (C=O) groups excluding carboxylic acids is 1. The van der Waals surface area contributed by atoms with E-state index in [1.165, 1.54) is 30.5 Å². The highest BCUT2D eigenvalue weighted by atomic mass is 32.2. The van der Waals surface area contributed by atoms with Gasteiger partial charge in [0.2, 0.25) is 5.88 Å². The summed E-state index contributed by atoms with van der Waals surface area (Å²) in [6.45, 7) is 7.42. The second-order valence-electron chi connectivity index (χ2n) is 5.73. The predicted octanol–water partition coefficient (Wildman–Crippen LogP) is 2.60. The number of hydrogen-bond donors (Lipinski definition) is 1. The highest BCUT2D eigenvalue weighted by Gasteiger charge is 2.19. The summed E-state index contributed by atoms with van der Waals surface area (Å²) in [7, 11) is -3.93. The highest BCUT2D eigenvalue weighted by Crippen LogP contribution is 2.15. The minimum absolute atomic E-state index is 0.0395. The van der Waals surface area contributed by atoms with Crippen molar-refractivity contribution < 1.29 is 17.9 Å². The number of sulfonamides is 1. The van der Waals surface area contributed by atoms with Gasteiger partial charge < -0.3 is 4.74 Å². The van der Waals surface area contributed by atoms with Crippen LogP contribution in [0.3, 0.4) is 0 Å². The number of nitrogens with one attached hydrogen (secondary N) is 1. The molecule has 24 heavy (non-hydrogen) atoms. The molecule has 0 saturated carbocycles. The molecule has 0 spiro atoms. The van der Waals surface area contributed by atoms with E-state index in [1.54, 1.807) is 6.07 Å². The lowest BCUT2D eigenvalue weighted by atomic mass is 10.1. The van der Waals surface area contributed by atoms with Crippen LogP contribution in [-0.2, 0) is 10.0 Å². The zero-order chi connectivity index (χ0) is 17.9. The molecule has 0 aliphatic heterocycles. The van der Waals surface area contributed by atoms with Crippen LogP contribution >= 0.6 is 0 Å². The van der Waals surface area contributed by atoms with E-state index < -0.39 is 15.9 Å². The molecule has 128 valence electrons. The monoisotopic (exact) mass is 348 g/mol. The molecule has 7 heteroatoms. The molecule has 1 heterocycles. The minimum Gasteiger partial charge on any atom is -0.475 e. The fraction of sp³-hybridized carbons (Fsp3) is 0.294. The van der Waals surface area contributed by atoms with E-state index in [0.29, 0.717) is 5.88 Å². The molecule has 2 rings (SSSR count). The maximum atomic E-state index is 12.3. The number of rotatable bonds is 5. The van der Waals surface area contributed by atoms with Crippen LogP contribution in [0.1, 0.15) is 35.3 Å². The molecule has 2 aromatic rings. The van der Waals surface area contributed by atoms with E-state index in [9.17, 15) is 13.2 Å². The summed E-state index contributed by atoms with van der Waals surface area (Å²) in [5.74, 6) is -0.365. The Balaban J connectivity index is 2.17. The summed E-state index contributed by atoms with van der Waals surface area (Å²) in [6.07, 6.45) is 1.24. The second kappa shape index (κ2) is 7.00. The molecule has 1 N–H and O–H groups in total. The molecular weight excluding hydrogens is 328 g/mol. The average molecular weight is 348 g/mol. The van der Waals surface area contributed by atoms with Crippen LogP contribution in [0.2, 0.25) is 0 Å². The lowest BCUT2D eigenvalue weighted by Gasteiger charge is -2.10. The Morgan fingerprint density at radius 3 is 2.38 bits per heavy atom. The van der Waals surface area contributed by atoms with Crippen molar-refractivity contribution in [2.24, 2.45) is 0 Å². The van der Waals surface area contributed by atoms with Crippen LogP contribution in [-0.4, -0.2) is 25.4 Å². The van der Waals surface area contributed by atoms with Gasteiger partial charge in [0.05, 0.1) is 16.6 Å². The molecule has 0 saturated heterocycles. The van der Waals surface area contributed by atoms with E-state index in [1.807, 2.05) is 32.4 Å². The predicted molar refractivity (Wildman–Crippen MR) is 90.6 cm³/mol. The maximum absolute atomic E-state index is 12.3. The molecular formula is C17H20N2O4S. The van der Waals surface area contributed by atoms with Gasteiger partial charge in [-0.1, -0.05) is 6.07 Å². The maximum Gasteiger partial charge on any atom is 0.266 e. The Morgan fingerprint density at radius 1 is 1.12 bits per heavy atom. The molecule has 1 aromatic heterocycles. The molecule has 0 unspecified atom stereocenters. The average Bonchev–Trinajstić information content (AvgIpc) is 2.49. The largest absolute Gasteiger partial charge is 0.475 e. The molecule has 0 radical (unpaired) electrons. The number of carbonyl (C=O) groups is 1. The number of amides is 1. The first-order valence-electron chi connectivity index (χ1n) is 7.46. The molecule has 1 aromatic carbocycles. The first kappa shape index (κ1) is 17.9. The molecule has 1 amide bonds. The fourth-order valence-electron chi connectivity index (χ4n) is 1.95. The van der Waals surface area contributed by atoms with Crippen molar-refractivity contribution in [3.8, 4) is 5.88 Å². The fourth-order valence-corrected chi connectivity index (χ4v) is 3.01. The molecule has 0 aliphatic rings. The van der Waals surface area contributed by atoms with E-state index in [2.05, 4.69) is 4.98 Å². The summed E-state index contributed by atoms with van der Waals surface area (Å²) in [4.78, 5) is 16.2. The van der Waals surface area contributed by atoms with Crippen molar-refractivity contribution in [1.82, 2.24) is 9.71 Å². The van der Waals surface area contributed by atoms with E-state index in [0.717, 1.165) is 11.1 Å². The summed E-state index contributed by atoms with van der Waals surface area (Å²) in [5.41, 5.74) is 1.95. The number of aromatic nitrogens is 1. The van der Waals surface area contributed by atoms with Crippen LogP contribution < -0.4 is 9.46 Å². The van der Waals surface area contributed by atoms with Gasteiger partial charge in [-0.2, -0.15) is 0 Å². The smallest absolute Gasteiger partial charge is 0.266 e. The van der Waals surface area contributed by atoms with Crippen molar-refractivity contribution in [2.45, 2.75) is 38.7 Å². The summed E-state index contributed by atoms with van der Waals surface area (Å²) in [5, 5.41) is 0. The zero-order valence-corrected chi connectivity index (χ0v) is 14.8. The standard InChI is InChI=1S/C17H20N2O4S/c1-11(2)23-16-8-6-14(10-18-16)17(20)19-24(21,22)15-7-5-12(3)13(4)9-15/h5-11H,1-4H3,(H,19,20). The molecule has 0 atom stereocenters. The zero-order valence-electron chi connectivity index (χ0n) is 14.0. The lowest BCUT2D eigenvalue weighted by Crippen LogP contribution is -2.30. The van der Waals surface area contributed by atoms with Crippen LogP contribution in [0.25, 0.3) is 0 Å². The number of aryl methyl sites for hydroxylation is 2. The third kappa shape index (κ3) is 4.32. The van der Waals surface area contributed by atoms with Crippen LogP contribution in [0.5, 0.6) is 5.88 Å². The van der Waals surface area contributed by atoms with Gasteiger partial charge >= 0.3 is 0 Å². The van der Waals surface area contributed by atoms with Crippen molar-refractivity contribution in [3.05, 3.63) is 53.2 Å². The molecule has 0 aliphatic carbocycles. The van der Waals surface area contributed by atoms with Gasteiger partial charge in [0.1, 0.15) is 0 Å². The third-order valence-corrected chi connectivity index (χ3v) is 4.70. The van der Waals surface area contributed by atoms with Gasteiger partial charge in [-0.15, -0.1) is 0 Å². The summed E-state index contributed by atoms with van der Waals surface area (Å²) in [6, 6.07) is 7.69. The first-order valence-corrected chi connectivity index (χ1v) is 8.94. The van der Waals surface area contributed by atoms with Gasteiger partial charge in [-0.25, -0.2) is 18.1 Å². The van der Waals surface area contributed by atoms with Gasteiger partial charge in [-0.05, 0) is 57.0 Å². The van der Waals surface area contributed by atoms with E-state index >= 15 is 0 Å². The summed E-state index contributed by atoms with van der Waals surface area (Å²) < 4.78 is 32.1. The SMILES string of the molecule is Cc1ccc(S(=O)(=O)NC(=O)c2ccc(OC(C)C)nc2)cc1C.